The standard InChI is InChI=1S/C23H29N3O5/c1-2-18(15-24-7-11-30-12-8-24)17-26(9-13-31-14-10-26)21(27)16-25-22(28)19-5-3-4-6-20(19)23(25)29/h2-6,16H,7-15,17H2,1H3/p+1/b18-2+,21-16-. The van der Waals surface area contributed by atoms with Crippen LogP contribution in [-0.2, 0) is 9.47 Å². The Morgan fingerprint density at radius 2 is 1.61 bits per heavy atom. The first-order valence-corrected chi connectivity index (χ1v) is 10.8. The summed E-state index contributed by atoms with van der Waals surface area (Å²) in [5.74, 6) is -0.796. The van der Waals surface area contributed by atoms with Crippen molar-refractivity contribution in [3.8, 4) is 0 Å². The molecule has 8 heteroatoms. The zero-order chi connectivity index (χ0) is 21.8. The summed E-state index contributed by atoms with van der Waals surface area (Å²) in [6, 6.07) is 6.74. The molecule has 3 aliphatic rings. The number of amides is 2. The van der Waals surface area contributed by atoms with Gasteiger partial charge in [0.05, 0.1) is 37.6 Å². The summed E-state index contributed by atoms with van der Waals surface area (Å²) >= 11 is 0. The number of carbonyl (C=O) groups excluding carboxylic acids is 2. The Morgan fingerprint density at radius 1 is 1.03 bits per heavy atom. The number of aliphatic hydroxyl groups is 1. The van der Waals surface area contributed by atoms with Crippen LogP contribution in [0, 0.1) is 0 Å². The number of hydrogen-bond donors (Lipinski definition) is 1. The van der Waals surface area contributed by atoms with Crippen LogP contribution in [0.5, 0.6) is 0 Å². The smallest absolute Gasteiger partial charge is 0.306 e. The van der Waals surface area contributed by atoms with Gasteiger partial charge >= 0.3 is 5.88 Å². The van der Waals surface area contributed by atoms with Gasteiger partial charge in [-0.1, -0.05) is 18.2 Å². The Bertz CT molecular complexity index is 863. The SMILES string of the molecule is C/C=C(\CN1CCOCC1)C[N+]1(/C(O)=C/N2C(=O)c3ccccc3C2=O)CCOCC1. The number of morpholine rings is 2. The second kappa shape index (κ2) is 9.32. The van der Waals surface area contributed by atoms with Crippen LogP contribution in [0.4, 0.5) is 0 Å². The maximum absolute atomic E-state index is 12.8. The third-order valence-electron chi connectivity index (χ3n) is 6.33. The van der Waals surface area contributed by atoms with Gasteiger partial charge < -0.3 is 14.6 Å². The lowest BCUT2D eigenvalue weighted by molar-refractivity contribution is -0.909. The molecule has 3 heterocycles. The summed E-state index contributed by atoms with van der Waals surface area (Å²) in [6.07, 6.45) is 3.41. The monoisotopic (exact) mass is 428 g/mol. The van der Waals surface area contributed by atoms with E-state index in [1.807, 2.05) is 6.92 Å². The van der Waals surface area contributed by atoms with Gasteiger partial charge in [-0.25, -0.2) is 4.90 Å². The second-order valence-corrected chi connectivity index (χ2v) is 8.21. The highest BCUT2D eigenvalue weighted by Gasteiger charge is 2.40. The minimum absolute atomic E-state index is 0.0131. The highest BCUT2D eigenvalue weighted by molar-refractivity contribution is 6.22. The number of rotatable bonds is 6. The van der Waals surface area contributed by atoms with Crippen molar-refractivity contribution in [2.45, 2.75) is 6.92 Å². The number of aliphatic hydroxyl groups excluding tert-OH is 1. The Morgan fingerprint density at radius 3 is 2.19 bits per heavy atom. The molecule has 0 aliphatic carbocycles. The molecule has 2 fully saturated rings. The van der Waals surface area contributed by atoms with Crippen molar-refractivity contribution in [2.75, 3.05) is 65.7 Å². The van der Waals surface area contributed by atoms with E-state index < -0.39 is 11.8 Å². The van der Waals surface area contributed by atoms with Crippen LogP contribution in [0.2, 0.25) is 0 Å². The summed E-state index contributed by atoms with van der Waals surface area (Å²) in [5.41, 5.74) is 1.93. The molecule has 0 bridgehead atoms. The van der Waals surface area contributed by atoms with E-state index >= 15 is 0 Å². The van der Waals surface area contributed by atoms with Crippen molar-refractivity contribution >= 4 is 11.8 Å². The number of ether oxygens (including phenoxy) is 2. The predicted molar refractivity (Wildman–Crippen MR) is 114 cm³/mol. The molecule has 1 N–H and O–H groups in total. The number of imide groups is 1. The number of fused-ring (bicyclic) bond motifs is 1. The van der Waals surface area contributed by atoms with E-state index in [9.17, 15) is 14.7 Å². The lowest BCUT2D eigenvalue weighted by atomic mass is 10.1. The zero-order valence-corrected chi connectivity index (χ0v) is 18.0. The van der Waals surface area contributed by atoms with Crippen LogP contribution in [0.1, 0.15) is 27.6 Å². The van der Waals surface area contributed by atoms with E-state index in [1.54, 1.807) is 24.3 Å². The van der Waals surface area contributed by atoms with Crippen LogP contribution in [-0.4, -0.2) is 96.9 Å². The molecule has 2 saturated heterocycles. The third-order valence-corrected chi connectivity index (χ3v) is 6.33. The summed E-state index contributed by atoms with van der Waals surface area (Å²) in [6.45, 7) is 8.82. The van der Waals surface area contributed by atoms with E-state index in [4.69, 9.17) is 9.47 Å². The first-order chi connectivity index (χ1) is 15.0. The molecule has 2 amide bonds. The Hall–Kier alpha value is -2.52. The molecule has 1 aromatic rings. The molecular weight excluding hydrogens is 398 g/mol. The van der Waals surface area contributed by atoms with E-state index in [-0.39, 0.29) is 10.4 Å². The summed E-state index contributed by atoms with van der Waals surface area (Å²) in [5, 5.41) is 11.2. The van der Waals surface area contributed by atoms with Crippen molar-refractivity contribution in [3.05, 3.63) is 59.1 Å². The fraction of sp³-hybridized carbons (Fsp3) is 0.478. The average molecular weight is 429 g/mol. The fourth-order valence-electron chi connectivity index (χ4n) is 4.39. The van der Waals surface area contributed by atoms with Crippen molar-refractivity contribution in [2.24, 2.45) is 0 Å². The van der Waals surface area contributed by atoms with Crippen LogP contribution in [0.25, 0.3) is 0 Å². The maximum Gasteiger partial charge on any atom is 0.306 e. The van der Waals surface area contributed by atoms with Gasteiger partial charge in [0.1, 0.15) is 25.8 Å². The number of allylic oxidation sites excluding steroid dienone is 1. The highest BCUT2D eigenvalue weighted by Crippen LogP contribution is 2.27. The topological polar surface area (TPSA) is 79.3 Å². The number of benzene rings is 1. The van der Waals surface area contributed by atoms with E-state index in [2.05, 4.69) is 11.0 Å². The molecule has 0 spiro atoms. The van der Waals surface area contributed by atoms with Gasteiger partial charge in [0.25, 0.3) is 11.8 Å². The molecular formula is C23H30N3O5+. The molecule has 1 aromatic carbocycles. The largest absolute Gasteiger partial charge is 0.466 e. The van der Waals surface area contributed by atoms with E-state index in [1.165, 1.54) is 11.8 Å². The molecule has 4 rings (SSSR count). The lowest BCUT2D eigenvalue weighted by Gasteiger charge is -2.40. The van der Waals surface area contributed by atoms with Crippen LogP contribution in [0.15, 0.2) is 48.0 Å². The predicted octanol–water partition coefficient (Wildman–Crippen LogP) is 1.76. The summed E-state index contributed by atoms with van der Waals surface area (Å²) in [7, 11) is 0. The number of quaternary nitrogens is 1. The minimum Gasteiger partial charge on any atom is -0.466 e. The highest BCUT2D eigenvalue weighted by atomic mass is 16.5. The van der Waals surface area contributed by atoms with Crippen LogP contribution >= 0.6 is 0 Å². The molecule has 0 saturated carbocycles. The molecule has 0 atom stereocenters. The summed E-state index contributed by atoms with van der Waals surface area (Å²) < 4.78 is 11.3. The van der Waals surface area contributed by atoms with Gasteiger partial charge in [0.15, 0.2) is 0 Å². The van der Waals surface area contributed by atoms with Crippen LogP contribution < -0.4 is 0 Å². The lowest BCUT2D eigenvalue weighted by Crippen LogP contribution is -2.56. The normalized spacial score (nSPS) is 22.7. The molecule has 8 nitrogen and oxygen atoms in total. The van der Waals surface area contributed by atoms with Gasteiger partial charge in [-0.3, -0.25) is 19.0 Å². The molecule has 31 heavy (non-hydrogen) atoms. The Kier molecular flexibility index (Phi) is 6.52. The van der Waals surface area contributed by atoms with Gasteiger partial charge in [0.2, 0.25) is 0 Å². The quantitative estimate of drug-likeness (QED) is 0.322. The Balaban J connectivity index is 1.57. The fourth-order valence-corrected chi connectivity index (χ4v) is 4.39. The van der Waals surface area contributed by atoms with Gasteiger partial charge in [-0.05, 0) is 24.6 Å². The second-order valence-electron chi connectivity index (χ2n) is 8.21. The molecule has 166 valence electrons. The number of nitrogens with zero attached hydrogens (tertiary/aromatic N) is 3. The third kappa shape index (κ3) is 4.43. The van der Waals surface area contributed by atoms with Crippen molar-refractivity contribution < 1.29 is 28.7 Å². The van der Waals surface area contributed by atoms with Gasteiger partial charge in [0, 0.05) is 19.6 Å². The van der Waals surface area contributed by atoms with Gasteiger partial charge in [-0.15, -0.1) is 0 Å². The molecule has 0 radical (unpaired) electrons. The van der Waals surface area contributed by atoms with E-state index in [0.717, 1.165) is 37.7 Å². The zero-order valence-electron chi connectivity index (χ0n) is 18.0. The minimum atomic E-state index is -0.405. The number of hydrogen-bond acceptors (Lipinski definition) is 6. The van der Waals surface area contributed by atoms with Gasteiger partial charge in [-0.2, -0.15) is 0 Å². The van der Waals surface area contributed by atoms with Crippen molar-refractivity contribution in [3.63, 3.8) is 0 Å². The summed E-state index contributed by atoms with van der Waals surface area (Å²) in [4.78, 5) is 28.9. The van der Waals surface area contributed by atoms with Crippen LogP contribution in [0.3, 0.4) is 0 Å². The first-order valence-electron chi connectivity index (χ1n) is 10.8. The maximum atomic E-state index is 12.8. The molecule has 0 unspecified atom stereocenters. The molecule has 3 aliphatic heterocycles. The average Bonchev–Trinajstić information content (AvgIpc) is 3.05. The van der Waals surface area contributed by atoms with Crippen molar-refractivity contribution in [1.82, 2.24) is 9.80 Å². The molecule has 0 aromatic heterocycles. The van der Waals surface area contributed by atoms with Crippen molar-refractivity contribution in [1.29, 1.82) is 0 Å². The Labute approximate surface area is 182 Å². The first kappa shape index (κ1) is 21.7. The van der Waals surface area contributed by atoms with E-state index in [0.29, 0.717) is 44.0 Å². The number of carbonyl (C=O) groups is 2.